The molecular weight excluding hydrogens is 205 g/mol. The number of benzene rings is 1. The molecule has 3 nitrogen and oxygen atoms in total. The van der Waals surface area contributed by atoms with E-state index in [1.54, 1.807) is 12.1 Å². The highest BCUT2D eigenvalue weighted by Gasteiger charge is 2.30. The van der Waals surface area contributed by atoms with Crippen LogP contribution < -0.4 is 5.73 Å². The molecule has 4 heteroatoms. The van der Waals surface area contributed by atoms with Crippen LogP contribution in [-0.2, 0) is 0 Å². The van der Waals surface area contributed by atoms with E-state index in [4.69, 9.17) is 5.73 Å². The molecule has 0 unspecified atom stereocenters. The summed E-state index contributed by atoms with van der Waals surface area (Å²) in [6.45, 7) is 0. The lowest BCUT2D eigenvalue weighted by Crippen LogP contribution is -1.92. The maximum atomic E-state index is 13.7. The molecule has 1 aliphatic carbocycles. The van der Waals surface area contributed by atoms with Crippen LogP contribution >= 0.6 is 0 Å². The Morgan fingerprint density at radius 3 is 2.75 bits per heavy atom. The first-order valence-electron chi connectivity index (χ1n) is 5.36. The summed E-state index contributed by atoms with van der Waals surface area (Å²) >= 11 is 0. The number of halogens is 1. The fraction of sp³-hybridized carbons (Fsp3) is 0.250. The SMILES string of the molecule is Nc1n[nH]c(C2CC2)c1-c1ccccc1F. The summed E-state index contributed by atoms with van der Waals surface area (Å²) in [5.74, 6) is 0.601. The molecule has 0 saturated heterocycles. The molecule has 0 atom stereocenters. The Hall–Kier alpha value is -1.84. The number of anilines is 1. The van der Waals surface area contributed by atoms with Crippen molar-refractivity contribution in [3.8, 4) is 11.1 Å². The second-order valence-electron chi connectivity index (χ2n) is 4.15. The van der Waals surface area contributed by atoms with Gasteiger partial charge in [-0.05, 0) is 18.9 Å². The fourth-order valence-electron chi connectivity index (χ4n) is 1.98. The largest absolute Gasteiger partial charge is 0.382 e. The lowest BCUT2D eigenvalue weighted by Gasteiger charge is -2.04. The molecule has 16 heavy (non-hydrogen) atoms. The number of nitrogens with zero attached hydrogens (tertiary/aromatic N) is 1. The first-order valence-corrected chi connectivity index (χ1v) is 5.36. The lowest BCUT2D eigenvalue weighted by molar-refractivity contribution is 0.631. The van der Waals surface area contributed by atoms with Crippen LogP contribution in [-0.4, -0.2) is 10.2 Å². The van der Waals surface area contributed by atoms with Gasteiger partial charge < -0.3 is 5.73 Å². The second-order valence-corrected chi connectivity index (χ2v) is 4.15. The maximum Gasteiger partial charge on any atom is 0.153 e. The van der Waals surface area contributed by atoms with Crippen LogP contribution in [0.4, 0.5) is 10.2 Å². The lowest BCUT2D eigenvalue weighted by atomic mass is 10.0. The number of nitrogens with one attached hydrogen (secondary N) is 1. The molecule has 1 aliphatic rings. The molecule has 3 N–H and O–H groups in total. The highest BCUT2D eigenvalue weighted by Crippen LogP contribution is 2.45. The number of hydrogen-bond donors (Lipinski definition) is 2. The Balaban J connectivity index is 2.18. The number of nitrogens with two attached hydrogens (primary N) is 1. The molecule has 82 valence electrons. The van der Waals surface area contributed by atoms with E-state index in [0.29, 0.717) is 17.3 Å². The third-order valence-corrected chi connectivity index (χ3v) is 2.95. The van der Waals surface area contributed by atoms with Crippen LogP contribution in [0.25, 0.3) is 11.1 Å². The smallest absolute Gasteiger partial charge is 0.153 e. The quantitative estimate of drug-likeness (QED) is 0.812. The standard InChI is InChI=1S/C12H12FN3/c13-9-4-2-1-3-8(9)10-11(7-5-6-7)15-16-12(10)14/h1-4,7H,5-6H2,(H3,14,15,16). The number of aromatic amines is 1. The monoisotopic (exact) mass is 217 g/mol. The van der Waals surface area contributed by atoms with Gasteiger partial charge in [-0.3, -0.25) is 5.10 Å². The molecule has 0 bridgehead atoms. The molecular formula is C12H12FN3. The summed E-state index contributed by atoms with van der Waals surface area (Å²) in [4.78, 5) is 0. The summed E-state index contributed by atoms with van der Waals surface area (Å²) < 4.78 is 13.7. The van der Waals surface area contributed by atoms with Crippen molar-refractivity contribution in [2.75, 3.05) is 5.73 Å². The van der Waals surface area contributed by atoms with Gasteiger partial charge in [0.15, 0.2) is 5.82 Å². The zero-order valence-corrected chi connectivity index (χ0v) is 8.70. The van der Waals surface area contributed by atoms with Crippen LogP contribution in [0.5, 0.6) is 0 Å². The Labute approximate surface area is 92.5 Å². The van der Waals surface area contributed by atoms with E-state index in [0.717, 1.165) is 24.1 Å². The molecule has 1 aromatic heterocycles. The highest BCUT2D eigenvalue weighted by molar-refractivity contribution is 5.77. The van der Waals surface area contributed by atoms with Crippen molar-refractivity contribution in [2.45, 2.75) is 18.8 Å². The molecule has 1 saturated carbocycles. The minimum atomic E-state index is -0.252. The van der Waals surface area contributed by atoms with Crippen molar-refractivity contribution in [3.63, 3.8) is 0 Å². The second kappa shape index (κ2) is 3.33. The predicted octanol–water partition coefficient (Wildman–Crippen LogP) is 2.68. The number of H-pyrrole nitrogens is 1. The van der Waals surface area contributed by atoms with Gasteiger partial charge in [0.05, 0.1) is 0 Å². The van der Waals surface area contributed by atoms with Gasteiger partial charge in [0, 0.05) is 22.7 Å². The Kier molecular flexibility index (Phi) is 1.96. The molecule has 1 fully saturated rings. The van der Waals surface area contributed by atoms with Crippen LogP contribution in [0.15, 0.2) is 24.3 Å². The number of hydrogen-bond acceptors (Lipinski definition) is 2. The van der Waals surface area contributed by atoms with Crippen molar-refractivity contribution in [1.29, 1.82) is 0 Å². The molecule has 3 rings (SSSR count). The topological polar surface area (TPSA) is 54.7 Å². The van der Waals surface area contributed by atoms with Crippen molar-refractivity contribution >= 4 is 5.82 Å². The van der Waals surface area contributed by atoms with E-state index >= 15 is 0 Å². The summed E-state index contributed by atoms with van der Waals surface area (Å²) in [6, 6.07) is 6.66. The number of nitrogen functional groups attached to an aromatic ring is 1. The van der Waals surface area contributed by atoms with Gasteiger partial charge in [-0.15, -0.1) is 0 Å². The van der Waals surface area contributed by atoms with E-state index in [1.165, 1.54) is 6.07 Å². The minimum absolute atomic E-state index is 0.252. The third-order valence-electron chi connectivity index (χ3n) is 2.95. The van der Waals surface area contributed by atoms with Gasteiger partial charge in [-0.2, -0.15) is 5.10 Å². The molecule has 0 spiro atoms. The normalized spacial score (nSPS) is 15.3. The molecule has 2 aromatic rings. The van der Waals surface area contributed by atoms with E-state index in [-0.39, 0.29) is 5.82 Å². The van der Waals surface area contributed by atoms with E-state index in [9.17, 15) is 4.39 Å². The molecule has 0 amide bonds. The Bertz CT molecular complexity index is 529. The van der Waals surface area contributed by atoms with Crippen LogP contribution in [0.1, 0.15) is 24.5 Å². The van der Waals surface area contributed by atoms with E-state index in [2.05, 4.69) is 10.2 Å². The zero-order valence-electron chi connectivity index (χ0n) is 8.70. The van der Waals surface area contributed by atoms with Crippen molar-refractivity contribution in [3.05, 3.63) is 35.8 Å². The maximum absolute atomic E-state index is 13.7. The summed E-state index contributed by atoms with van der Waals surface area (Å²) in [7, 11) is 0. The van der Waals surface area contributed by atoms with Crippen molar-refractivity contribution < 1.29 is 4.39 Å². The Morgan fingerprint density at radius 2 is 2.06 bits per heavy atom. The summed E-state index contributed by atoms with van der Waals surface area (Å²) in [6.07, 6.45) is 2.26. The van der Waals surface area contributed by atoms with Gasteiger partial charge >= 0.3 is 0 Å². The van der Waals surface area contributed by atoms with E-state index < -0.39 is 0 Å². The number of aromatic nitrogens is 2. The molecule has 1 aromatic carbocycles. The van der Waals surface area contributed by atoms with Gasteiger partial charge in [-0.25, -0.2) is 4.39 Å². The van der Waals surface area contributed by atoms with Gasteiger partial charge in [0.2, 0.25) is 0 Å². The van der Waals surface area contributed by atoms with Crippen LogP contribution in [0.2, 0.25) is 0 Å². The minimum Gasteiger partial charge on any atom is -0.382 e. The average molecular weight is 217 g/mol. The molecule has 0 aliphatic heterocycles. The average Bonchev–Trinajstić information content (AvgIpc) is 3.04. The summed E-state index contributed by atoms with van der Waals surface area (Å²) in [5.41, 5.74) is 8.05. The van der Waals surface area contributed by atoms with Gasteiger partial charge in [0.25, 0.3) is 0 Å². The van der Waals surface area contributed by atoms with Gasteiger partial charge in [-0.1, -0.05) is 18.2 Å². The van der Waals surface area contributed by atoms with Crippen LogP contribution in [0, 0.1) is 5.82 Å². The Morgan fingerprint density at radius 1 is 1.31 bits per heavy atom. The highest BCUT2D eigenvalue weighted by atomic mass is 19.1. The number of rotatable bonds is 2. The first-order chi connectivity index (χ1) is 7.77. The molecule has 1 heterocycles. The third kappa shape index (κ3) is 1.38. The van der Waals surface area contributed by atoms with E-state index in [1.807, 2.05) is 6.07 Å². The van der Waals surface area contributed by atoms with Crippen molar-refractivity contribution in [2.24, 2.45) is 0 Å². The summed E-state index contributed by atoms with van der Waals surface area (Å²) in [5, 5.41) is 6.90. The predicted molar refractivity (Wildman–Crippen MR) is 60.4 cm³/mol. The first kappa shape index (κ1) is 9.39. The fourth-order valence-corrected chi connectivity index (χ4v) is 1.98. The zero-order chi connectivity index (χ0) is 11.1. The molecule has 0 radical (unpaired) electrons. The van der Waals surface area contributed by atoms with Gasteiger partial charge in [0.1, 0.15) is 5.82 Å². The van der Waals surface area contributed by atoms with Crippen LogP contribution in [0.3, 0.4) is 0 Å². The van der Waals surface area contributed by atoms with Crippen molar-refractivity contribution in [1.82, 2.24) is 10.2 Å².